The van der Waals surface area contributed by atoms with E-state index in [4.69, 9.17) is 16.0 Å². The van der Waals surface area contributed by atoms with Gasteiger partial charge in [0.1, 0.15) is 5.69 Å². The highest BCUT2D eigenvalue weighted by molar-refractivity contribution is 6.28. The average molecular weight is 249 g/mol. The molecule has 2 heterocycles. The molecule has 0 spiro atoms. The van der Waals surface area contributed by atoms with Crippen molar-refractivity contribution >= 4 is 22.6 Å². The van der Waals surface area contributed by atoms with Crippen LogP contribution in [0.2, 0.25) is 5.28 Å². The van der Waals surface area contributed by atoms with Gasteiger partial charge in [0.2, 0.25) is 5.28 Å². The fourth-order valence-corrected chi connectivity index (χ4v) is 1.77. The molecule has 0 aliphatic rings. The number of halogens is 2. The molecule has 0 aliphatic heterocycles. The zero-order chi connectivity index (χ0) is 11.8. The van der Waals surface area contributed by atoms with Gasteiger partial charge in [-0.25, -0.2) is 14.4 Å². The Balaban J connectivity index is 2.22. The van der Waals surface area contributed by atoms with E-state index >= 15 is 0 Å². The first-order chi connectivity index (χ1) is 8.24. The SMILES string of the molecule is Fc1cccc2cc(-c3ccnc(Cl)n3)oc12. The van der Waals surface area contributed by atoms with Gasteiger partial charge in [-0.15, -0.1) is 0 Å². The molecule has 3 nitrogen and oxygen atoms in total. The molecule has 3 aromatic rings. The molecule has 0 saturated carbocycles. The molecule has 0 saturated heterocycles. The molecule has 17 heavy (non-hydrogen) atoms. The number of benzene rings is 1. The summed E-state index contributed by atoms with van der Waals surface area (Å²) in [7, 11) is 0. The highest BCUT2D eigenvalue weighted by atomic mass is 35.5. The third kappa shape index (κ3) is 1.76. The predicted octanol–water partition coefficient (Wildman–Crippen LogP) is 3.68. The molecular formula is C12H6ClFN2O. The fourth-order valence-electron chi connectivity index (χ4n) is 1.63. The Morgan fingerprint density at radius 2 is 2.12 bits per heavy atom. The highest BCUT2D eigenvalue weighted by Gasteiger charge is 2.10. The van der Waals surface area contributed by atoms with Gasteiger partial charge in [-0.05, 0) is 29.8 Å². The molecule has 0 amide bonds. The van der Waals surface area contributed by atoms with E-state index in [2.05, 4.69) is 9.97 Å². The number of nitrogens with zero attached hydrogens (tertiary/aromatic N) is 2. The summed E-state index contributed by atoms with van der Waals surface area (Å²) < 4.78 is 18.9. The first-order valence-electron chi connectivity index (χ1n) is 4.91. The molecule has 2 aromatic heterocycles. The van der Waals surface area contributed by atoms with E-state index in [-0.39, 0.29) is 10.9 Å². The smallest absolute Gasteiger partial charge is 0.222 e. The molecule has 0 fully saturated rings. The second-order valence-electron chi connectivity index (χ2n) is 3.48. The number of hydrogen-bond donors (Lipinski definition) is 0. The van der Waals surface area contributed by atoms with Gasteiger partial charge >= 0.3 is 0 Å². The highest BCUT2D eigenvalue weighted by Crippen LogP contribution is 2.28. The summed E-state index contributed by atoms with van der Waals surface area (Å²) in [6, 6.07) is 8.12. The third-order valence-electron chi connectivity index (χ3n) is 2.37. The van der Waals surface area contributed by atoms with Gasteiger partial charge < -0.3 is 4.42 Å². The van der Waals surface area contributed by atoms with Crippen LogP contribution in [0.1, 0.15) is 0 Å². The Hall–Kier alpha value is -1.94. The van der Waals surface area contributed by atoms with E-state index in [0.29, 0.717) is 16.8 Å². The lowest BCUT2D eigenvalue weighted by Crippen LogP contribution is -1.83. The Kier molecular flexibility index (Phi) is 2.30. The van der Waals surface area contributed by atoms with Gasteiger partial charge in [-0.2, -0.15) is 0 Å². The first-order valence-corrected chi connectivity index (χ1v) is 5.29. The van der Waals surface area contributed by atoms with Crippen LogP contribution in [0.3, 0.4) is 0 Å². The molecule has 0 atom stereocenters. The number of furan rings is 1. The Morgan fingerprint density at radius 1 is 1.24 bits per heavy atom. The average Bonchev–Trinajstić information content (AvgIpc) is 2.74. The summed E-state index contributed by atoms with van der Waals surface area (Å²) in [5.74, 6) is 0.0725. The second kappa shape index (κ2) is 3.82. The minimum atomic E-state index is -0.395. The number of aromatic nitrogens is 2. The quantitative estimate of drug-likeness (QED) is 0.617. The third-order valence-corrected chi connectivity index (χ3v) is 2.56. The van der Waals surface area contributed by atoms with Crippen LogP contribution in [0.15, 0.2) is 40.9 Å². The molecule has 0 aliphatic carbocycles. The molecule has 0 unspecified atom stereocenters. The Bertz CT molecular complexity index is 696. The molecule has 84 valence electrons. The van der Waals surface area contributed by atoms with Crippen LogP contribution in [0.4, 0.5) is 4.39 Å². The molecule has 0 N–H and O–H groups in total. The van der Waals surface area contributed by atoms with Crippen LogP contribution >= 0.6 is 11.6 Å². The Labute approximate surface area is 101 Å². The van der Waals surface area contributed by atoms with Crippen molar-refractivity contribution in [2.75, 3.05) is 0 Å². The molecule has 0 bridgehead atoms. The molecule has 3 rings (SSSR count). The predicted molar refractivity (Wildman–Crippen MR) is 62.2 cm³/mol. The van der Waals surface area contributed by atoms with Gasteiger partial charge in [0.15, 0.2) is 17.2 Å². The molecule has 0 radical (unpaired) electrons. The van der Waals surface area contributed by atoms with Crippen molar-refractivity contribution < 1.29 is 8.81 Å². The van der Waals surface area contributed by atoms with E-state index in [9.17, 15) is 4.39 Å². The van der Waals surface area contributed by atoms with Crippen molar-refractivity contribution in [3.63, 3.8) is 0 Å². The van der Waals surface area contributed by atoms with Gasteiger partial charge in [0.05, 0.1) is 0 Å². The van der Waals surface area contributed by atoms with E-state index in [1.165, 1.54) is 12.3 Å². The fraction of sp³-hybridized carbons (Fsp3) is 0. The van der Waals surface area contributed by atoms with Crippen LogP contribution in [0, 0.1) is 5.82 Å². The maximum atomic E-state index is 13.4. The van der Waals surface area contributed by atoms with Crippen molar-refractivity contribution in [2.24, 2.45) is 0 Å². The van der Waals surface area contributed by atoms with E-state index in [0.717, 1.165) is 0 Å². The summed E-state index contributed by atoms with van der Waals surface area (Å²) in [6.45, 7) is 0. The zero-order valence-corrected chi connectivity index (χ0v) is 9.28. The van der Waals surface area contributed by atoms with Crippen molar-refractivity contribution in [1.29, 1.82) is 0 Å². The van der Waals surface area contributed by atoms with E-state index < -0.39 is 5.82 Å². The van der Waals surface area contributed by atoms with E-state index in [1.54, 1.807) is 24.3 Å². The Morgan fingerprint density at radius 3 is 2.88 bits per heavy atom. The van der Waals surface area contributed by atoms with Crippen LogP contribution < -0.4 is 0 Å². The standard InChI is InChI=1S/C12H6ClFN2O/c13-12-15-5-4-9(16-12)10-6-7-2-1-3-8(14)11(7)17-10/h1-6H. The zero-order valence-electron chi connectivity index (χ0n) is 8.52. The number of para-hydroxylation sites is 1. The molecule has 5 heteroatoms. The topological polar surface area (TPSA) is 38.9 Å². The lowest BCUT2D eigenvalue weighted by atomic mass is 10.2. The van der Waals surface area contributed by atoms with Crippen molar-refractivity contribution in [2.45, 2.75) is 0 Å². The maximum absolute atomic E-state index is 13.4. The van der Waals surface area contributed by atoms with Crippen LogP contribution in [0.5, 0.6) is 0 Å². The van der Waals surface area contributed by atoms with Crippen LogP contribution in [-0.4, -0.2) is 9.97 Å². The van der Waals surface area contributed by atoms with Crippen molar-refractivity contribution in [1.82, 2.24) is 9.97 Å². The summed E-state index contributed by atoms with van der Waals surface area (Å²) in [6.07, 6.45) is 1.52. The van der Waals surface area contributed by atoms with Gasteiger partial charge in [-0.3, -0.25) is 0 Å². The first kappa shape index (κ1) is 10.2. The lowest BCUT2D eigenvalue weighted by Gasteiger charge is -1.94. The van der Waals surface area contributed by atoms with E-state index in [1.807, 2.05) is 0 Å². The summed E-state index contributed by atoms with van der Waals surface area (Å²) in [4.78, 5) is 7.78. The van der Waals surface area contributed by atoms with Crippen molar-refractivity contribution in [3.05, 3.63) is 47.6 Å². The largest absolute Gasteiger partial charge is 0.451 e. The van der Waals surface area contributed by atoms with Gasteiger partial charge in [-0.1, -0.05) is 12.1 Å². The molecule has 1 aromatic carbocycles. The van der Waals surface area contributed by atoms with Gasteiger partial charge in [0.25, 0.3) is 0 Å². The normalized spacial score (nSPS) is 10.9. The summed E-state index contributed by atoms with van der Waals surface area (Å²) >= 11 is 5.69. The van der Waals surface area contributed by atoms with Gasteiger partial charge in [0, 0.05) is 11.6 Å². The number of hydrogen-bond acceptors (Lipinski definition) is 3. The monoisotopic (exact) mass is 248 g/mol. The minimum Gasteiger partial charge on any atom is -0.451 e. The molecular weight excluding hydrogens is 243 g/mol. The summed E-state index contributed by atoms with van der Waals surface area (Å²) in [5, 5.41) is 0.818. The second-order valence-corrected chi connectivity index (χ2v) is 3.82. The minimum absolute atomic E-state index is 0.128. The number of fused-ring (bicyclic) bond motifs is 1. The van der Waals surface area contributed by atoms with Crippen molar-refractivity contribution in [3.8, 4) is 11.5 Å². The van der Waals surface area contributed by atoms with Crippen LogP contribution in [-0.2, 0) is 0 Å². The summed E-state index contributed by atoms with van der Waals surface area (Å²) in [5.41, 5.74) is 0.748. The van der Waals surface area contributed by atoms with Crippen LogP contribution in [0.25, 0.3) is 22.4 Å². The number of rotatable bonds is 1. The lowest BCUT2D eigenvalue weighted by molar-refractivity contribution is 0.567. The maximum Gasteiger partial charge on any atom is 0.222 e.